The summed E-state index contributed by atoms with van der Waals surface area (Å²) >= 11 is 0. The Morgan fingerprint density at radius 3 is 2.82 bits per heavy atom. The molecule has 3 nitrogen and oxygen atoms in total. The summed E-state index contributed by atoms with van der Waals surface area (Å²) in [4.78, 5) is 15.1. The fraction of sp³-hybridized carbons (Fsp3) is 0.111. The fourth-order valence-corrected chi connectivity index (χ4v) is 2.45. The first-order valence-corrected chi connectivity index (χ1v) is 6.89. The predicted molar refractivity (Wildman–Crippen MR) is 83.5 cm³/mol. The summed E-state index contributed by atoms with van der Waals surface area (Å²) in [5, 5.41) is 1.39. The molecule has 2 aromatic carbocycles. The van der Waals surface area contributed by atoms with E-state index in [1.165, 1.54) is 13.2 Å². The number of nitrogens with zero attached hydrogens (tertiary/aromatic N) is 1. The van der Waals surface area contributed by atoms with E-state index in [0.717, 1.165) is 22.8 Å². The lowest BCUT2D eigenvalue weighted by Crippen LogP contribution is -1.97. The number of fused-ring (bicyclic) bond motifs is 1. The van der Waals surface area contributed by atoms with E-state index in [4.69, 9.17) is 4.74 Å². The maximum atomic E-state index is 13.9. The second-order valence-electron chi connectivity index (χ2n) is 4.91. The number of pyridine rings is 1. The lowest BCUT2D eigenvalue weighted by molar-refractivity contribution is -0.107. The molecule has 0 aliphatic rings. The molecule has 0 N–H and O–H groups in total. The van der Waals surface area contributed by atoms with Gasteiger partial charge in [-0.05, 0) is 23.6 Å². The summed E-state index contributed by atoms with van der Waals surface area (Å²) in [6, 6.07) is 14.1. The van der Waals surface area contributed by atoms with Crippen LogP contribution < -0.4 is 4.74 Å². The highest BCUT2D eigenvalue weighted by molar-refractivity contribution is 5.87. The van der Waals surface area contributed by atoms with Crippen LogP contribution in [0.15, 0.2) is 48.5 Å². The van der Waals surface area contributed by atoms with Gasteiger partial charge >= 0.3 is 0 Å². The topological polar surface area (TPSA) is 39.2 Å². The van der Waals surface area contributed by atoms with Gasteiger partial charge in [-0.3, -0.25) is 0 Å². The molecule has 0 aliphatic carbocycles. The molecule has 22 heavy (non-hydrogen) atoms. The van der Waals surface area contributed by atoms with Crippen LogP contribution in [0, 0.1) is 5.82 Å². The molecule has 0 amide bonds. The first-order valence-electron chi connectivity index (χ1n) is 6.89. The number of aldehydes is 1. The second kappa shape index (κ2) is 5.93. The van der Waals surface area contributed by atoms with Crippen LogP contribution in [0.3, 0.4) is 0 Å². The average molecular weight is 295 g/mol. The van der Waals surface area contributed by atoms with Crippen LogP contribution in [0.5, 0.6) is 5.88 Å². The second-order valence-corrected chi connectivity index (χ2v) is 4.91. The van der Waals surface area contributed by atoms with E-state index in [2.05, 4.69) is 4.98 Å². The monoisotopic (exact) mass is 295 g/mol. The molecule has 0 aliphatic heterocycles. The number of rotatable bonds is 4. The van der Waals surface area contributed by atoms with Gasteiger partial charge in [0.05, 0.1) is 12.8 Å². The molecule has 0 saturated carbocycles. The Morgan fingerprint density at radius 1 is 1.18 bits per heavy atom. The predicted octanol–water partition coefficient (Wildman–Crippen LogP) is 3.79. The Hall–Kier alpha value is -2.75. The van der Waals surface area contributed by atoms with E-state index in [1.807, 2.05) is 24.3 Å². The maximum Gasteiger partial charge on any atom is 0.217 e. The van der Waals surface area contributed by atoms with Gasteiger partial charge in [0.15, 0.2) is 0 Å². The minimum Gasteiger partial charge on any atom is -0.481 e. The summed E-state index contributed by atoms with van der Waals surface area (Å²) in [5.74, 6) is 0.155. The number of carbonyl (C=O) groups excluding carboxylic acids is 1. The first-order chi connectivity index (χ1) is 10.7. The first kappa shape index (κ1) is 14.2. The van der Waals surface area contributed by atoms with Crippen LogP contribution in [0.4, 0.5) is 4.39 Å². The summed E-state index contributed by atoms with van der Waals surface area (Å²) in [5.41, 5.74) is 2.21. The molecule has 1 aromatic heterocycles. The highest BCUT2D eigenvalue weighted by Gasteiger charge is 2.09. The Labute approximate surface area is 127 Å². The van der Waals surface area contributed by atoms with Crippen LogP contribution in [0.25, 0.3) is 22.0 Å². The zero-order chi connectivity index (χ0) is 15.5. The molecule has 0 unspecified atom stereocenters. The fourth-order valence-electron chi connectivity index (χ4n) is 2.45. The summed E-state index contributed by atoms with van der Waals surface area (Å²) in [6.07, 6.45) is 1.06. The van der Waals surface area contributed by atoms with Crippen LogP contribution >= 0.6 is 0 Å². The van der Waals surface area contributed by atoms with Gasteiger partial charge in [0, 0.05) is 22.9 Å². The number of methoxy groups -OCH3 is 1. The van der Waals surface area contributed by atoms with Crippen LogP contribution in [0.2, 0.25) is 0 Å². The third kappa shape index (κ3) is 2.55. The van der Waals surface area contributed by atoms with Gasteiger partial charge < -0.3 is 9.53 Å². The van der Waals surface area contributed by atoms with Gasteiger partial charge in [0.2, 0.25) is 5.88 Å². The Kier molecular flexibility index (Phi) is 3.83. The molecule has 0 radical (unpaired) electrons. The van der Waals surface area contributed by atoms with Crippen molar-refractivity contribution in [2.45, 2.75) is 6.42 Å². The van der Waals surface area contributed by atoms with Gasteiger partial charge in [-0.1, -0.05) is 30.3 Å². The molecule has 1 heterocycles. The van der Waals surface area contributed by atoms with E-state index < -0.39 is 0 Å². The summed E-state index contributed by atoms with van der Waals surface area (Å²) in [7, 11) is 1.51. The van der Waals surface area contributed by atoms with Crippen LogP contribution in [0.1, 0.15) is 5.56 Å². The molecule has 0 saturated heterocycles. The van der Waals surface area contributed by atoms with Crippen molar-refractivity contribution in [1.29, 1.82) is 0 Å². The zero-order valence-corrected chi connectivity index (χ0v) is 12.0. The Balaban J connectivity index is 2.10. The zero-order valence-electron chi connectivity index (χ0n) is 12.0. The minimum atomic E-state index is -0.260. The van der Waals surface area contributed by atoms with Gasteiger partial charge in [-0.25, -0.2) is 9.37 Å². The lowest BCUT2D eigenvalue weighted by Gasteiger charge is -2.09. The largest absolute Gasteiger partial charge is 0.481 e. The van der Waals surface area contributed by atoms with E-state index in [-0.39, 0.29) is 12.2 Å². The third-order valence-electron chi connectivity index (χ3n) is 3.56. The number of halogens is 1. The van der Waals surface area contributed by atoms with Crippen molar-refractivity contribution >= 4 is 17.1 Å². The van der Waals surface area contributed by atoms with Gasteiger partial charge in [0.1, 0.15) is 12.1 Å². The van der Waals surface area contributed by atoms with Crippen molar-refractivity contribution in [3.05, 3.63) is 59.9 Å². The van der Waals surface area contributed by atoms with Crippen LogP contribution in [-0.2, 0) is 11.2 Å². The Morgan fingerprint density at radius 2 is 2.05 bits per heavy atom. The quantitative estimate of drug-likeness (QED) is 0.687. The average Bonchev–Trinajstić information content (AvgIpc) is 2.55. The molecular weight excluding hydrogens is 281 g/mol. The molecule has 3 rings (SSSR count). The highest BCUT2D eigenvalue weighted by Crippen LogP contribution is 2.27. The van der Waals surface area contributed by atoms with E-state index in [9.17, 15) is 9.18 Å². The maximum absolute atomic E-state index is 13.9. The number of aromatic nitrogens is 1. The van der Waals surface area contributed by atoms with Crippen molar-refractivity contribution in [3.63, 3.8) is 0 Å². The molecule has 0 fully saturated rings. The molecule has 0 atom stereocenters. The van der Waals surface area contributed by atoms with E-state index in [1.54, 1.807) is 18.2 Å². The molecular formula is C18H14FNO2. The van der Waals surface area contributed by atoms with Gasteiger partial charge in [-0.15, -0.1) is 0 Å². The molecule has 4 heteroatoms. The summed E-state index contributed by atoms with van der Waals surface area (Å²) in [6.45, 7) is 0. The number of benzene rings is 2. The van der Waals surface area contributed by atoms with Gasteiger partial charge in [-0.2, -0.15) is 0 Å². The number of hydrogen-bond acceptors (Lipinski definition) is 3. The van der Waals surface area contributed by atoms with Gasteiger partial charge in [0.25, 0.3) is 0 Å². The summed E-state index contributed by atoms with van der Waals surface area (Å²) < 4.78 is 19.1. The Bertz CT molecular complexity index is 846. The normalized spacial score (nSPS) is 10.6. The van der Waals surface area contributed by atoms with E-state index in [0.29, 0.717) is 17.0 Å². The van der Waals surface area contributed by atoms with Crippen LogP contribution in [-0.4, -0.2) is 18.4 Å². The van der Waals surface area contributed by atoms with E-state index >= 15 is 0 Å². The number of carbonyl (C=O) groups is 1. The smallest absolute Gasteiger partial charge is 0.217 e. The third-order valence-corrected chi connectivity index (χ3v) is 3.56. The number of hydrogen-bond donors (Lipinski definition) is 0. The van der Waals surface area contributed by atoms with Crippen molar-refractivity contribution in [2.75, 3.05) is 7.11 Å². The molecule has 110 valence electrons. The van der Waals surface area contributed by atoms with Crippen molar-refractivity contribution < 1.29 is 13.9 Å². The number of ether oxygens (including phenoxy) is 1. The van der Waals surface area contributed by atoms with Crippen molar-refractivity contribution in [3.8, 4) is 17.1 Å². The minimum absolute atomic E-state index is 0.253. The lowest BCUT2D eigenvalue weighted by atomic mass is 10.0. The highest BCUT2D eigenvalue weighted by atomic mass is 19.1. The molecule has 0 bridgehead atoms. The molecule has 0 spiro atoms. The molecule has 3 aromatic rings. The SMILES string of the molecule is COc1nc(-c2ccc3cccc(F)c3c2)ccc1CC=O. The van der Waals surface area contributed by atoms with Crippen molar-refractivity contribution in [2.24, 2.45) is 0 Å². The standard InChI is InChI=1S/C18H14FNO2/c1-22-18-13(9-10-21)7-8-17(20-18)14-6-5-12-3-2-4-16(19)15(12)11-14/h2-8,10-11H,9H2,1H3. The van der Waals surface area contributed by atoms with Crippen molar-refractivity contribution in [1.82, 2.24) is 4.98 Å².